The summed E-state index contributed by atoms with van der Waals surface area (Å²) in [5.41, 5.74) is 0.932. The zero-order chi connectivity index (χ0) is 20.6. The van der Waals surface area contributed by atoms with Crippen LogP contribution in [0.15, 0.2) is 30.3 Å². The fourth-order valence-electron chi connectivity index (χ4n) is 3.13. The molecule has 2 aliphatic rings. The van der Waals surface area contributed by atoms with Gasteiger partial charge >= 0.3 is 15.2 Å². The highest BCUT2D eigenvalue weighted by molar-refractivity contribution is 7.70. The summed E-state index contributed by atoms with van der Waals surface area (Å²) in [6, 6.07) is 9.44. The molecule has 10 nitrogen and oxygen atoms in total. The van der Waals surface area contributed by atoms with Crippen molar-refractivity contribution in [2.24, 2.45) is 0 Å². The number of fused-ring (bicyclic) bond motifs is 1. The predicted octanol–water partition coefficient (Wildman–Crippen LogP) is 1.79. The molecule has 5 atom stereocenters. The van der Waals surface area contributed by atoms with Crippen LogP contribution in [-0.2, 0) is 39.2 Å². The van der Waals surface area contributed by atoms with Crippen LogP contribution in [0.2, 0.25) is 0 Å². The minimum absolute atomic E-state index is 0.267. The van der Waals surface area contributed by atoms with Gasteiger partial charge < -0.3 is 38.2 Å². The van der Waals surface area contributed by atoms with Crippen LogP contribution in [0.25, 0.3) is 0 Å². The molecule has 2 aliphatic heterocycles. The summed E-state index contributed by atoms with van der Waals surface area (Å²) in [6.45, 7) is 3.31. The van der Waals surface area contributed by atoms with Gasteiger partial charge in [-0.05, 0) is 19.4 Å². The Hall–Kier alpha value is -0.640. The lowest BCUT2D eigenvalue weighted by molar-refractivity contribution is -0.238. The molecule has 28 heavy (non-hydrogen) atoms. The molecule has 3 rings (SSSR count). The Labute approximate surface area is 162 Å². The number of hydrogen-bond acceptors (Lipinski definition) is 7. The van der Waals surface area contributed by atoms with Crippen molar-refractivity contribution < 1.29 is 47.3 Å². The van der Waals surface area contributed by atoms with Crippen LogP contribution in [0.5, 0.6) is 0 Å². The number of rotatable bonds is 8. The van der Waals surface area contributed by atoms with Gasteiger partial charge in [0.15, 0.2) is 18.0 Å². The van der Waals surface area contributed by atoms with Crippen LogP contribution in [-0.4, -0.2) is 57.6 Å². The van der Waals surface area contributed by atoms with Crippen LogP contribution in [0, 0.1) is 0 Å². The Kier molecular flexibility index (Phi) is 6.49. The lowest BCUT2D eigenvalue weighted by atomic mass is 10.1. The monoisotopic (exact) mass is 438 g/mol. The second-order valence-corrected chi connectivity index (χ2v) is 11.1. The normalized spacial score (nSPS) is 31.5. The summed E-state index contributed by atoms with van der Waals surface area (Å²) in [6.07, 6.45) is -2.79. The van der Waals surface area contributed by atoms with E-state index in [0.717, 1.165) is 5.56 Å². The minimum atomic E-state index is -4.71. The summed E-state index contributed by atoms with van der Waals surface area (Å²) in [7, 11) is -9.21. The van der Waals surface area contributed by atoms with Crippen molar-refractivity contribution >= 4 is 15.2 Å². The topological polar surface area (TPSA) is 141 Å². The SMILES string of the molecule is CC1(C)OC2C(COP(=O)(O)CP(=O)(O)O)OC(OCc3ccccc3)C2O1. The third-order valence-corrected chi connectivity index (χ3v) is 7.62. The fourth-order valence-corrected chi connectivity index (χ4v) is 5.70. The molecule has 0 aromatic heterocycles. The molecule has 0 amide bonds. The Balaban J connectivity index is 1.63. The van der Waals surface area contributed by atoms with E-state index in [-0.39, 0.29) is 6.61 Å². The van der Waals surface area contributed by atoms with E-state index >= 15 is 0 Å². The van der Waals surface area contributed by atoms with E-state index in [4.69, 9.17) is 33.3 Å². The molecule has 1 aromatic carbocycles. The summed E-state index contributed by atoms with van der Waals surface area (Å²) in [5, 5.41) is 0. The van der Waals surface area contributed by atoms with Crippen molar-refractivity contribution in [2.75, 3.05) is 12.5 Å². The van der Waals surface area contributed by atoms with Gasteiger partial charge in [0.25, 0.3) is 0 Å². The molecular weight excluding hydrogens is 414 g/mol. The van der Waals surface area contributed by atoms with E-state index in [2.05, 4.69) is 0 Å². The second kappa shape index (κ2) is 8.24. The molecule has 12 heteroatoms. The van der Waals surface area contributed by atoms with Crippen molar-refractivity contribution in [1.82, 2.24) is 0 Å². The van der Waals surface area contributed by atoms with Gasteiger partial charge in [-0.2, -0.15) is 0 Å². The molecular formula is C16H24O10P2. The largest absolute Gasteiger partial charge is 0.345 e. The fraction of sp³-hybridized carbons (Fsp3) is 0.625. The predicted molar refractivity (Wildman–Crippen MR) is 96.4 cm³/mol. The molecule has 0 bridgehead atoms. The van der Waals surface area contributed by atoms with Gasteiger partial charge in [-0.15, -0.1) is 0 Å². The van der Waals surface area contributed by atoms with E-state index in [1.807, 2.05) is 30.3 Å². The van der Waals surface area contributed by atoms with Crippen LogP contribution < -0.4 is 0 Å². The minimum Gasteiger partial charge on any atom is -0.345 e. The molecule has 2 saturated heterocycles. The zero-order valence-corrected chi connectivity index (χ0v) is 17.2. The first-order chi connectivity index (χ1) is 12.9. The van der Waals surface area contributed by atoms with Crippen LogP contribution >= 0.6 is 15.2 Å². The van der Waals surface area contributed by atoms with Gasteiger partial charge in [0, 0.05) is 0 Å². The molecule has 0 spiro atoms. The molecule has 0 radical (unpaired) electrons. The Bertz CT molecular complexity index is 764. The van der Waals surface area contributed by atoms with Crippen molar-refractivity contribution in [3.63, 3.8) is 0 Å². The van der Waals surface area contributed by atoms with Crippen LogP contribution in [0.4, 0.5) is 0 Å². The van der Waals surface area contributed by atoms with Crippen LogP contribution in [0.1, 0.15) is 19.4 Å². The third kappa shape index (κ3) is 5.93. The van der Waals surface area contributed by atoms with Crippen molar-refractivity contribution in [1.29, 1.82) is 0 Å². The highest BCUT2D eigenvalue weighted by Gasteiger charge is 2.56. The van der Waals surface area contributed by atoms with Gasteiger partial charge in [0.1, 0.15) is 18.3 Å². The van der Waals surface area contributed by atoms with Crippen LogP contribution in [0.3, 0.4) is 0 Å². The third-order valence-electron chi connectivity index (χ3n) is 4.17. The molecule has 0 saturated carbocycles. The zero-order valence-electron chi connectivity index (χ0n) is 15.4. The van der Waals surface area contributed by atoms with Gasteiger partial charge in [-0.3, -0.25) is 9.13 Å². The van der Waals surface area contributed by atoms with Gasteiger partial charge in [-0.1, -0.05) is 30.3 Å². The number of ether oxygens (including phenoxy) is 4. The van der Waals surface area contributed by atoms with Crippen molar-refractivity contribution in [3.8, 4) is 0 Å². The van der Waals surface area contributed by atoms with E-state index in [0.29, 0.717) is 0 Å². The first-order valence-electron chi connectivity index (χ1n) is 8.62. The van der Waals surface area contributed by atoms with Gasteiger partial charge in [-0.25, -0.2) is 0 Å². The molecule has 3 N–H and O–H groups in total. The number of hydrogen-bond donors (Lipinski definition) is 3. The van der Waals surface area contributed by atoms with Crippen molar-refractivity contribution in [3.05, 3.63) is 35.9 Å². The standard InChI is InChI=1S/C16H24O10P2/c1-16(2)25-13-12(9-23-28(20,21)10-27(17,18)19)24-15(14(13)26-16)22-8-11-6-4-3-5-7-11/h3-7,12-15H,8-10H2,1-2H3,(H,20,21)(H2,17,18,19). The maximum absolute atomic E-state index is 11.9. The molecule has 158 valence electrons. The lowest BCUT2D eigenvalue weighted by Crippen LogP contribution is -2.32. The van der Waals surface area contributed by atoms with E-state index in [1.165, 1.54) is 0 Å². The Morgan fingerprint density at radius 2 is 1.71 bits per heavy atom. The average molecular weight is 438 g/mol. The Morgan fingerprint density at radius 3 is 2.36 bits per heavy atom. The second-order valence-electron chi connectivity index (χ2n) is 7.14. The Morgan fingerprint density at radius 1 is 1.07 bits per heavy atom. The van der Waals surface area contributed by atoms with Gasteiger partial charge in [0.05, 0.1) is 13.2 Å². The first-order valence-corrected chi connectivity index (χ1v) is 12.2. The summed E-state index contributed by atoms with van der Waals surface area (Å²) in [5.74, 6) is -2.17. The molecule has 1 aromatic rings. The highest BCUT2D eigenvalue weighted by Crippen LogP contribution is 2.55. The van der Waals surface area contributed by atoms with E-state index < -0.39 is 58.1 Å². The summed E-state index contributed by atoms with van der Waals surface area (Å²) >= 11 is 0. The molecule has 2 heterocycles. The molecule has 0 aliphatic carbocycles. The smallest absolute Gasteiger partial charge is 0.340 e. The quantitative estimate of drug-likeness (QED) is 0.515. The average Bonchev–Trinajstić information content (AvgIpc) is 3.03. The lowest BCUT2D eigenvalue weighted by Gasteiger charge is -2.24. The molecule has 2 fully saturated rings. The van der Waals surface area contributed by atoms with Crippen molar-refractivity contribution in [2.45, 2.75) is 50.8 Å². The van der Waals surface area contributed by atoms with Gasteiger partial charge in [0.2, 0.25) is 0 Å². The first kappa shape index (κ1) is 22.1. The number of benzene rings is 1. The molecule has 5 unspecified atom stereocenters. The highest BCUT2D eigenvalue weighted by atomic mass is 31.2. The maximum Gasteiger partial charge on any atom is 0.340 e. The van der Waals surface area contributed by atoms with E-state index in [9.17, 15) is 14.0 Å². The maximum atomic E-state index is 11.9. The van der Waals surface area contributed by atoms with E-state index in [1.54, 1.807) is 13.8 Å². The summed E-state index contributed by atoms with van der Waals surface area (Å²) in [4.78, 5) is 27.4. The summed E-state index contributed by atoms with van der Waals surface area (Å²) < 4.78 is 50.9.